The third-order valence-electron chi connectivity index (χ3n) is 6.19. The summed E-state index contributed by atoms with van der Waals surface area (Å²) in [6, 6.07) is 13.8. The van der Waals surface area contributed by atoms with Crippen LogP contribution in [0.4, 0.5) is 4.79 Å². The van der Waals surface area contributed by atoms with Gasteiger partial charge in [-0.05, 0) is 86.1 Å². The van der Waals surface area contributed by atoms with E-state index in [-0.39, 0.29) is 17.6 Å². The molecular weight excluding hydrogens is 498 g/mol. The fraction of sp³-hybridized carbons (Fsp3) is 0.433. The first-order valence-corrected chi connectivity index (χ1v) is 13.8. The van der Waals surface area contributed by atoms with Gasteiger partial charge in [-0.1, -0.05) is 27.7 Å². The second kappa shape index (κ2) is 12.8. The first-order chi connectivity index (χ1) is 18.0. The van der Waals surface area contributed by atoms with Crippen molar-refractivity contribution < 1.29 is 19.4 Å². The van der Waals surface area contributed by atoms with E-state index in [1.165, 1.54) is 0 Å². The number of carbonyl (C=O) groups is 1. The molecule has 0 aliphatic heterocycles. The minimum atomic E-state index is -0.997. The van der Waals surface area contributed by atoms with E-state index < -0.39 is 6.09 Å². The molecule has 1 atom stereocenters. The van der Waals surface area contributed by atoms with E-state index in [1.54, 1.807) is 11.3 Å². The molecule has 7 nitrogen and oxygen atoms in total. The molecule has 0 fully saturated rings. The Bertz CT molecular complexity index is 1290. The molecule has 0 aliphatic carbocycles. The maximum atomic E-state index is 11.1. The number of benzene rings is 2. The number of thiazole rings is 1. The van der Waals surface area contributed by atoms with E-state index in [1.807, 2.05) is 65.1 Å². The molecule has 0 radical (unpaired) electrons. The van der Waals surface area contributed by atoms with Gasteiger partial charge in [0.1, 0.15) is 22.6 Å². The molecule has 202 valence electrons. The Morgan fingerprint density at radius 3 is 2.61 bits per heavy atom. The Kier molecular flexibility index (Phi) is 9.76. The first-order valence-electron chi connectivity index (χ1n) is 12.9. The molecule has 3 rings (SSSR count). The van der Waals surface area contributed by atoms with Gasteiger partial charge >= 0.3 is 6.09 Å². The number of hydrogen-bond acceptors (Lipinski definition) is 6. The highest BCUT2D eigenvalue weighted by molar-refractivity contribution is 7.18. The number of aryl methyl sites for hydroxylation is 1. The number of nitriles is 1. The van der Waals surface area contributed by atoms with Crippen molar-refractivity contribution in [2.45, 2.75) is 73.0 Å². The first kappa shape index (κ1) is 29.0. The lowest BCUT2D eigenvalue weighted by Gasteiger charge is -2.30. The van der Waals surface area contributed by atoms with Gasteiger partial charge in [0.15, 0.2) is 0 Å². The average molecular weight is 536 g/mol. The molecule has 0 spiro atoms. The van der Waals surface area contributed by atoms with Crippen LogP contribution >= 0.6 is 11.3 Å². The van der Waals surface area contributed by atoms with Gasteiger partial charge in [-0.3, -0.25) is 0 Å². The molecule has 2 aromatic carbocycles. The zero-order valence-electron chi connectivity index (χ0n) is 23.0. The monoisotopic (exact) mass is 535 g/mol. The SMILES string of the molecule is CCc1cc(OCCCC(NC(=O)O)C(C)(C)C)ccc1-c1cnc(-c2ccc(OC(C)C)c(C#N)c2)s1. The van der Waals surface area contributed by atoms with Crippen LogP contribution in [0.5, 0.6) is 11.5 Å². The summed E-state index contributed by atoms with van der Waals surface area (Å²) in [5.41, 5.74) is 3.50. The van der Waals surface area contributed by atoms with Crippen LogP contribution in [-0.2, 0) is 6.42 Å². The fourth-order valence-corrected chi connectivity index (χ4v) is 5.15. The van der Waals surface area contributed by atoms with Gasteiger partial charge in [0.2, 0.25) is 0 Å². The van der Waals surface area contributed by atoms with Gasteiger partial charge in [0.05, 0.1) is 23.2 Å². The van der Waals surface area contributed by atoms with Crippen molar-refractivity contribution in [1.29, 1.82) is 5.26 Å². The highest BCUT2D eigenvalue weighted by Gasteiger charge is 2.25. The summed E-state index contributed by atoms with van der Waals surface area (Å²) in [7, 11) is 0. The summed E-state index contributed by atoms with van der Waals surface area (Å²) in [5, 5.41) is 22.2. The summed E-state index contributed by atoms with van der Waals surface area (Å²) >= 11 is 1.59. The number of nitrogens with one attached hydrogen (secondary N) is 1. The highest BCUT2D eigenvalue weighted by atomic mass is 32.1. The normalized spacial score (nSPS) is 12.2. The molecule has 0 bridgehead atoms. The summed E-state index contributed by atoms with van der Waals surface area (Å²) in [5.74, 6) is 1.38. The number of hydrogen-bond donors (Lipinski definition) is 2. The number of carboxylic acid groups (broad SMARTS) is 1. The van der Waals surface area contributed by atoms with Crippen LogP contribution < -0.4 is 14.8 Å². The Morgan fingerprint density at radius 1 is 1.21 bits per heavy atom. The molecule has 0 aliphatic rings. The predicted molar refractivity (Wildman–Crippen MR) is 152 cm³/mol. The number of rotatable bonds is 11. The van der Waals surface area contributed by atoms with Crippen LogP contribution in [0.1, 0.15) is 65.5 Å². The molecule has 1 aromatic heterocycles. The summed E-state index contributed by atoms with van der Waals surface area (Å²) < 4.78 is 11.8. The van der Waals surface area contributed by atoms with E-state index in [9.17, 15) is 10.1 Å². The van der Waals surface area contributed by atoms with E-state index in [4.69, 9.17) is 14.6 Å². The summed E-state index contributed by atoms with van der Waals surface area (Å²) in [4.78, 5) is 16.8. The van der Waals surface area contributed by atoms with Crippen molar-refractivity contribution >= 4 is 17.4 Å². The van der Waals surface area contributed by atoms with E-state index in [0.29, 0.717) is 24.3 Å². The van der Waals surface area contributed by atoms with Gasteiger partial charge in [0, 0.05) is 17.8 Å². The standard InChI is InChI=1S/C30H37N3O4S/c1-7-20-16-23(36-14-8-9-27(30(4,5)6)33-29(34)35)11-12-24(20)26-18-32-28(38-26)21-10-13-25(37-19(2)3)22(15-21)17-31/h10-13,15-16,18-19,27,33H,7-9,14H2,1-6H3,(H,34,35). The van der Waals surface area contributed by atoms with Crippen LogP contribution in [0.25, 0.3) is 21.0 Å². The number of aromatic nitrogens is 1. The second-order valence-corrected chi connectivity index (χ2v) is 11.6. The second-order valence-electron chi connectivity index (χ2n) is 10.6. The maximum absolute atomic E-state index is 11.1. The molecule has 38 heavy (non-hydrogen) atoms. The smallest absolute Gasteiger partial charge is 0.404 e. The molecule has 0 saturated heterocycles. The lowest BCUT2D eigenvalue weighted by molar-refractivity contribution is 0.168. The lowest BCUT2D eigenvalue weighted by Crippen LogP contribution is -2.43. The minimum absolute atomic E-state index is 0.00632. The van der Waals surface area contributed by atoms with Crippen molar-refractivity contribution in [2.75, 3.05) is 6.61 Å². The largest absolute Gasteiger partial charge is 0.494 e. The Morgan fingerprint density at radius 2 is 1.97 bits per heavy atom. The van der Waals surface area contributed by atoms with Crippen LogP contribution in [-0.4, -0.2) is 34.9 Å². The van der Waals surface area contributed by atoms with E-state index >= 15 is 0 Å². The number of amides is 1. The number of nitrogens with zero attached hydrogens (tertiary/aromatic N) is 2. The summed E-state index contributed by atoms with van der Waals surface area (Å²) in [6.07, 6.45) is 3.16. The molecule has 0 saturated carbocycles. The quantitative estimate of drug-likeness (QED) is 0.246. The van der Waals surface area contributed by atoms with Gasteiger partial charge in [-0.25, -0.2) is 9.78 Å². The van der Waals surface area contributed by atoms with E-state index in [0.717, 1.165) is 45.2 Å². The molecule has 1 amide bonds. The van der Waals surface area contributed by atoms with Gasteiger partial charge in [-0.2, -0.15) is 5.26 Å². The highest BCUT2D eigenvalue weighted by Crippen LogP contribution is 2.37. The molecule has 3 aromatic rings. The lowest BCUT2D eigenvalue weighted by atomic mass is 9.84. The van der Waals surface area contributed by atoms with Crippen LogP contribution in [0.3, 0.4) is 0 Å². The Labute approximate surface area is 229 Å². The van der Waals surface area contributed by atoms with Crippen LogP contribution in [0, 0.1) is 16.7 Å². The number of ether oxygens (including phenoxy) is 2. The van der Waals surface area contributed by atoms with E-state index in [2.05, 4.69) is 35.4 Å². The molecule has 2 N–H and O–H groups in total. The van der Waals surface area contributed by atoms with Crippen molar-refractivity contribution in [1.82, 2.24) is 10.3 Å². The molecule has 1 unspecified atom stereocenters. The summed E-state index contributed by atoms with van der Waals surface area (Å²) in [6.45, 7) is 12.6. The third kappa shape index (κ3) is 7.72. The average Bonchev–Trinajstić information content (AvgIpc) is 3.35. The topological polar surface area (TPSA) is 104 Å². The minimum Gasteiger partial charge on any atom is -0.494 e. The molecule has 8 heteroatoms. The van der Waals surface area contributed by atoms with Gasteiger partial charge in [0.25, 0.3) is 0 Å². The van der Waals surface area contributed by atoms with Crippen molar-refractivity contribution in [3.8, 4) is 38.6 Å². The van der Waals surface area contributed by atoms with Crippen molar-refractivity contribution in [3.63, 3.8) is 0 Å². The third-order valence-corrected chi connectivity index (χ3v) is 7.27. The Balaban J connectivity index is 1.70. The predicted octanol–water partition coefficient (Wildman–Crippen LogP) is 7.54. The van der Waals surface area contributed by atoms with Crippen molar-refractivity contribution in [3.05, 3.63) is 53.7 Å². The molecule has 1 heterocycles. The Hall–Kier alpha value is -3.57. The van der Waals surface area contributed by atoms with Gasteiger partial charge < -0.3 is 19.9 Å². The molecular formula is C30H37N3O4S. The van der Waals surface area contributed by atoms with Gasteiger partial charge in [-0.15, -0.1) is 11.3 Å². The fourth-order valence-electron chi connectivity index (χ4n) is 4.18. The zero-order valence-corrected chi connectivity index (χ0v) is 23.8. The zero-order chi connectivity index (χ0) is 27.9. The van der Waals surface area contributed by atoms with Crippen molar-refractivity contribution in [2.24, 2.45) is 5.41 Å². The van der Waals surface area contributed by atoms with Crippen LogP contribution in [0.15, 0.2) is 42.6 Å². The van der Waals surface area contributed by atoms with Crippen LogP contribution in [0.2, 0.25) is 0 Å². The maximum Gasteiger partial charge on any atom is 0.404 e.